The molecule has 0 spiro atoms. The Morgan fingerprint density at radius 1 is 1.19 bits per heavy atom. The number of nitrogens with one attached hydrogen (secondary N) is 1. The largest absolute Gasteiger partial charge is 0.368 e. The zero-order chi connectivity index (χ0) is 11.4. The van der Waals surface area contributed by atoms with Gasteiger partial charge in [-0.1, -0.05) is 19.1 Å². The molecular weight excluding hydrogens is 200 g/mol. The van der Waals surface area contributed by atoms with Gasteiger partial charge in [0, 0.05) is 11.9 Å². The molecule has 4 heteroatoms. The number of anilines is 3. The standard InChI is InChI=1S/C12H14N4/c1-2-9-3-5-10(6-4-9)15-11-7-8-14-12(13)16-11/h3-8H,2H2,1H3,(H3,13,14,15,16). The molecule has 16 heavy (non-hydrogen) atoms. The SMILES string of the molecule is CCc1ccc(Nc2ccnc(N)n2)cc1. The Morgan fingerprint density at radius 3 is 2.56 bits per heavy atom. The summed E-state index contributed by atoms with van der Waals surface area (Å²) in [4.78, 5) is 7.90. The minimum Gasteiger partial charge on any atom is -0.368 e. The molecule has 0 saturated heterocycles. The molecule has 0 aliphatic heterocycles. The van der Waals surface area contributed by atoms with Crippen molar-refractivity contribution in [1.29, 1.82) is 0 Å². The molecule has 0 radical (unpaired) electrons. The summed E-state index contributed by atoms with van der Waals surface area (Å²) < 4.78 is 0. The monoisotopic (exact) mass is 214 g/mol. The van der Waals surface area contributed by atoms with Crippen molar-refractivity contribution in [2.45, 2.75) is 13.3 Å². The van der Waals surface area contributed by atoms with E-state index < -0.39 is 0 Å². The van der Waals surface area contributed by atoms with Crippen molar-refractivity contribution in [3.63, 3.8) is 0 Å². The number of nitrogens with zero attached hydrogens (tertiary/aromatic N) is 2. The van der Waals surface area contributed by atoms with E-state index in [1.165, 1.54) is 5.56 Å². The highest BCUT2D eigenvalue weighted by atomic mass is 15.1. The minimum absolute atomic E-state index is 0.273. The predicted molar refractivity (Wildman–Crippen MR) is 65.5 cm³/mol. The number of hydrogen-bond acceptors (Lipinski definition) is 4. The number of rotatable bonds is 3. The molecule has 0 amide bonds. The second kappa shape index (κ2) is 4.61. The maximum absolute atomic E-state index is 5.50. The molecule has 0 atom stereocenters. The molecule has 0 saturated carbocycles. The van der Waals surface area contributed by atoms with Crippen LogP contribution in [0.5, 0.6) is 0 Å². The summed E-state index contributed by atoms with van der Waals surface area (Å²) in [5.41, 5.74) is 7.80. The first-order valence-corrected chi connectivity index (χ1v) is 5.22. The van der Waals surface area contributed by atoms with Gasteiger partial charge in [0.15, 0.2) is 0 Å². The first kappa shape index (κ1) is 10.4. The summed E-state index contributed by atoms with van der Waals surface area (Å²) in [5, 5.41) is 3.16. The van der Waals surface area contributed by atoms with Crippen LogP contribution in [0.2, 0.25) is 0 Å². The maximum atomic E-state index is 5.50. The zero-order valence-corrected chi connectivity index (χ0v) is 9.14. The summed E-state index contributed by atoms with van der Waals surface area (Å²) >= 11 is 0. The second-order valence-corrected chi connectivity index (χ2v) is 3.48. The van der Waals surface area contributed by atoms with E-state index in [-0.39, 0.29) is 5.95 Å². The number of nitrogens with two attached hydrogens (primary N) is 1. The Kier molecular flexibility index (Phi) is 3.00. The summed E-state index contributed by atoms with van der Waals surface area (Å²) in [6, 6.07) is 10.0. The fraction of sp³-hybridized carbons (Fsp3) is 0.167. The van der Waals surface area contributed by atoms with Crippen LogP contribution in [0.4, 0.5) is 17.5 Å². The Morgan fingerprint density at radius 2 is 1.94 bits per heavy atom. The van der Waals surface area contributed by atoms with Gasteiger partial charge >= 0.3 is 0 Å². The molecule has 1 aromatic heterocycles. The van der Waals surface area contributed by atoms with E-state index >= 15 is 0 Å². The molecule has 0 fully saturated rings. The van der Waals surface area contributed by atoms with Gasteiger partial charge < -0.3 is 11.1 Å². The first-order chi connectivity index (χ1) is 7.78. The Balaban J connectivity index is 2.14. The van der Waals surface area contributed by atoms with E-state index in [0.717, 1.165) is 12.1 Å². The third-order valence-electron chi connectivity index (χ3n) is 2.31. The molecule has 2 aromatic rings. The quantitative estimate of drug-likeness (QED) is 0.823. The van der Waals surface area contributed by atoms with Crippen LogP contribution < -0.4 is 11.1 Å². The van der Waals surface area contributed by atoms with Crippen molar-refractivity contribution in [2.75, 3.05) is 11.1 Å². The number of aromatic nitrogens is 2. The molecule has 1 heterocycles. The van der Waals surface area contributed by atoms with Crippen LogP contribution in [-0.4, -0.2) is 9.97 Å². The lowest BCUT2D eigenvalue weighted by Gasteiger charge is -2.06. The number of hydrogen-bond donors (Lipinski definition) is 2. The molecule has 2 rings (SSSR count). The van der Waals surface area contributed by atoms with Crippen molar-refractivity contribution in [3.8, 4) is 0 Å². The van der Waals surface area contributed by atoms with Crippen molar-refractivity contribution in [2.24, 2.45) is 0 Å². The van der Waals surface area contributed by atoms with Gasteiger partial charge in [0.1, 0.15) is 5.82 Å². The summed E-state index contributed by atoms with van der Waals surface area (Å²) in [5.74, 6) is 0.979. The van der Waals surface area contributed by atoms with E-state index in [4.69, 9.17) is 5.73 Å². The molecule has 0 bridgehead atoms. The fourth-order valence-corrected chi connectivity index (χ4v) is 1.42. The molecule has 4 nitrogen and oxygen atoms in total. The zero-order valence-electron chi connectivity index (χ0n) is 9.14. The highest BCUT2D eigenvalue weighted by Crippen LogP contribution is 2.15. The van der Waals surface area contributed by atoms with E-state index in [9.17, 15) is 0 Å². The van der Waals surface area contributed by atoms with Gasteiger partial charge in [-0.2, -0.15) is 4.98 Å². The van der Waals surface area contributed by atoms with E-state index in [0.29, 0.717) is 5.82 Å². The summed E-state index contributed by atoms with van der Waals surface area (Å²) in [6.45, 7) is 2.13. The van der Waals surface area contributed by atoms with Crippen LogP contribution in [0, 0.1) is 0 Å². The van der Waals surface area contributed by atoms with Crippen molar-refractivity contribution < 1.29 is 0 Å². The predicted octanol–water partition coefficient (Wildman–Crippen LogP) is 2.36. The van der Waals surface area contributed by atoms with Crippen LogP contribution in [0.25, 0.3) is 0 Å². The van der Waals surface area contributed by atoms with Crippen molar-refractivity contribution in [3.05, 3.63) is 42.1 Å². The lowest BCUT2D eigenvalue weighted by Crippen LogP contribution is -1.98. The molecule has 1 aromatic carbocycles. The van der Waals surface area contributed by atoms with Crippen molar-refractivity contribution >= 4 is 17.5 Å². The van der Waals surface area contributed by atoms with Gasteiger partial charge in [-0.25, -0.2) is 4.98 Å². The Hall–Kier alpha value is -2.10. The maximum Gasteiger partial charge on any atom is 0.221 e. The molecule has 3 N–H and O–H groups in total. The fourth-order valence-electron chi connectivity index (χ4n) is 1.42. The molecule has 0 aliphatic rings. The van der Waals surface area contributed by atoms with E-state index in [1.54, 1.807) is 12.3 Å². The first-order valence-electron chi connectivity index (χ1n) is 5.22. The molecule has 0 unspecified atom stereocenters. The van der Waals surface area contributed by atoms with E-state index in [2.05, 4.69) is 34.3 Å². The van der Waals surface area contributed by atoms with Crippen LogP contribution >= 0.6 is 0 Å². The molecule has 0 aliphatic carbocycles. The average Bonchev–Trinajstić information content (AvgIpc) is 2.30. The van der Waals surface area contributed by atoms with Gasteiger partial charge in [-0.15, -0.1) is 0 Å². The van der Waals surface area contributed by atoms with Gasteiger partial charge in [0.25, 0.3) is 0 Å². The third-order valence-corrected chi connectivity index (χ3v) is 2.31. The summed E-state index contributed by atoms with van der Waals surface area (Å²) in [6.07, 6.45) is 2.67. The lowest BCUT2D eigenvalue weighted by atomic mass is 10.1. The van der Waals surface area contributed by atoms with Crippen LogP contribution in [0.15, 0.2) is 36.5 Å². The highest BCUT2D eigenvalue weighted by molar-refractivity contribution is 5.56. The van der Waals surface area contributed by atoms with Gasteiger partial charge in [-0.05, 0) is 30.2 Å². The Bertz CT molecular complexity index is 465. The van der Waals surface area contributed by atoms with Gasteiger partial charge in [0.2, 0.25) is 5.95 Å². The number of nitrogen functional groups attached to an aromatic ring is 1. The average molecular weight is 214 g/mol. The van der Waals surface area contributed by atoms with Gasteiger partial charge in [-0.3, -0.25) is 0 Å². The smallest absolute Gasteiger partial charge is 0.221 e. The van der Waals surface area contributed by atoms with Crippen LogP contribution in [-0.2, 0) is 6.42 Å². The topological polar surface area (TPSA) is 63.8 Å². The third kappa shape index (κ3) is 2.48. The normalized spacial score (nSPS) is 10.1. The lowest BCUT2D eigenvalue weighted by molar-refractivity contribution is 1.14. The second-order valence-electron chi connectivity index (χ2n) is 3.48. The molecular formula is C12H14N4. The van der Waals surface area contributed by atoms with Gasteiger partial charge in [0.05, 0.1) is 0 Å². The Labute approximate surface area is 94.5 Å². The minimum atomic E-state index is 0.273. The van der Waals surface area contributed by atoms with Crippen molar-refractivity contribution in [1.82, 2.24) is 9.97 Å². The van der Waals surface area contributed by atoms with Crippen LogP contribution in [0.3, 0.4) is 0 Å². The summed E-state index contributed by atoms with van der Waals surface area (Å²) in [7, 11) is 0. The van der Waals surface area contributed by atoms with E-state index in [1.807, 2.05) is 12.1 Å². The number of benzene rings is 1. The highest BCUT2D eigenvalue weighted by Gasteiger charge is 1.97. The van der Waals surface area contributed by atoms with Crippen LogP contribution in [0.1, 0.15) is 12.5 Å². The molecule has 82 valence electrons. The number of aryl methyl sites for hydroxylation is 1.